The second kappa shape index (κ2) is 8.11. The van der Waals surface area contributed by atoms with E-state index in [1.165, 1.54) is 0 Å². The minimum Gasteiger partial charge on any atom is -0.491 e. The number of aromatic carboxylic acids is 1. The molecule has 0 saturated heterocycles. The van der Waals surface area contributed by atoms with Gasteiger partial charge in [0, 0.05) is 18.6 Å². The van der Waals surface area contributed by atoms with Gasteiger partial charge in [-0.2, -0.15) is 13.2 Å². The number of furan rings is 1. The van der Waals surface area contributed by atoms with Crippen molar-refractivity contribution >= 4 is 17.6 Å². The fraction of sp³-hybridized carbons (Fsp3) is 0.294. The molecule has 0 aliphatic carbocycles. The molecule has 0 fully saturated rings. The van der Waals surface area contributed by atoms with Gasteiger partial charge in [-0.1, -0.05) is 6.92 Å². The van der Waals surface area contributed by atoms with E-state index in [0.29, 0.717) is 0 Å². The highest BCUT2D eigenvalue weighted by Crippen LogP contribution is 2.28. The van der Waals surface area contributed by atoms with Gasteiger partial charge in [-0.25, -0.2) is 9.18 Å². The maximum atomic E-state index is 13.4. The highest BCUT2D eigenvalue weighted by molar-refractivity contribution is 6.04. The lowest BCUT2D eigenvalue weighted by molar-refractivity contribution is -0.139. The van der Waals surface area contributed by atoms with Gasteiger partial charge in [0.05, 0.1) is 18.7 Å². The van der Waals surface area contributed by atoms with E-state index in [0.717, 1.165) is 24.3 Å². The first-order valence-corrected chi connectivity index (χ1v) is 7.77. The van der Waals surface area contributed by atoms with Gasteiger partial charge in [0.25, 0.3) is 5.91 Å². The Labute approximate surface area is 150 Å². The number of anilines is 1. The van der Waals surface area contributed by atoms with Crippen molar-refractivity contribution < 1.29 is 41.4 Å². The third-order valence-electron chi connectivity index (χ3n) is 3.42. The number of alkyl halides is 3. The third-order valence-corrected chi connectivity index (χ3v) is 3.42. The quantitative estimate of drug-likeness (QED) is 0.691. The second-order valence-electron chi connectivity index (χ2n) is 5.41. The van der Waals surface area contributed by atoms with E-state index in [9.17, 15) is 27.2 Å². The lowest BCUT2D eigenvalue weighted by Crippen LogP contribution is -2.15. The molecule has 1 amide bonds. The molecule has 0 bridgehead atoms. The molecule has 2 N–H and O–H groups in total. The van der Waals surface area contributed by atoms with Crippen molar-refractivity contribution in [2.24, 2.45) is 0 Å². The summed E-state index contributed by atoms with van der Waals surface area (Å²) in [6.45, 7) is 0.874. The number of hydrogen-bond donors (Lipinski definition) is 2. The van der Waals surface area contributed by atoms with Gasteiger partial charge >= 0.3 is 12.1 Å². The molecule has 1 heterocycles. The van der Waals surface area contributed by atoms with Crippen molar-refractivity contribution in [2.45, 2.75) is 25.9 Å². The molecule has 2 rings (SSSR count). The summed E-state index contributed by atoms with van der Waals surface area (Å²) in [5.74, 6) is -3.41. The number of amides is 1. The number of carboxylic acid groups (broad SMARTS) is 1. The average Bonchev–Trinajstić information content (AvgIpc) is 3.01. The zero-order chi connectivity index (χ0) is 20.2. The highest BCUT2D eigenvalue weighted by atomic mass is 19.4. The Bertz CT molecular complexity index is 844. The molecule has 146 valence electrons. The Kier molecular flexibility index (Phi) is 6.09. The summed E-state index contributed by atoms with van der Waals surface area (Å²) in [6, 6.07) is 3.95. The summed E-state index contributed by atoms with van der Waals surface area (Å²) in [5.41, 5.74) is -0.265. The van der Waals surface area contributed by atoms with Gasteiger partial charge in [0.1, 0.15) is 22.9 Å². The molecular weight excluding hydrogens is 374 g/mol. The SMILES string of the molecule is CCc1oc(C(=O)Nc2ccc(F)cc2OCCC(F)(F)F)cc1C(=O)O. The van der Waals surface area contributed by atoms with Gasteiger partial charge in [-0.15, -0.1) is 0 Å². The molecule has 0 aliphatic heterocycles. The van der Waals surface area contributed by atoms with Crippen molar-refractivity contribution in [1.29, 1.82) is 0 Å². The van der Waals surface area contributed by atoms with Crippen LogP contribution < -0.4 is 10.1 Å². The van der Waals surface area contributed by atoms with Crippen molar-refractivity contribution in [3.63, 3.8) is 0 Å². The summed E-state index contributed by atoms with van der Waals surface area (Å²) < 4.78 is 60.1. The van der Waals surface area contributed by atoms with Crippen LogP contribution in [0.5, 0.6) is 5.75 Å². The van der Waals surface area contributed by atoms with Crippen molar-refractivity contribution in [2.75, 3.05) is 11.9 Å². The number of halogens is 4. The van der Waals surface area contributed by atoms with Crippen LogP contribution in [0.4, 0.5) is 23.2 Å². The van der Waals surface area contributed by atoms with Crippen molar-refractivity contribution in [3.05, 3.63) is 47.2 Å². The van der Waals surface area contributed by atoms with Crippen LogP contribution in [0, 0.1) is 5.82 Å². The Hall–Kier alpha value is -3.04. The number of benzene rings is 1. The Morgan fingerprint density at radius 1 is 1.26 bits per heavy atom. The highest BCUT2D eigenvalue weighted by Gasteiger charge is 2.27. The number of carboxylic acids is 1. The topological polar surface area (TPSA) is 88.8 Å². The lowest BCUT2D eigenvalue weighted by atomic mass is 10.2. The first-order valence-electron chi connectivity index (χ1n) is 7.77. The van der Waals surface area contributed by atoms with E-state index in [1.807, 2.05) is 0 Å². The van der Waals surface area contributed by atoms with E-state index >= 15 is 0 Å². The van der Waals surface area contributed by atoms with Crippen molar-refractivity contribution in [3.8, 4) is 5.75 Å². The van der Waals surface area contributed by atoms with Crippen LogP contribution in [0.2, 0.25) is 0 Å². The van der Waals surface area contributed by atoms with E-state index in [4.69, 9.17) is 14.3 Å². The number of nitrogens with one attached hydrogen (secondary N) is 1. The number of aryl methyl sites for hydroxylation is 1. The summed E-state index contributed by atoms with van der Waals surface area (Å²) >= 11 is 0. The van der Waals surface area contributed by atoms with Crippen LogP contribution in [-0.2, 0) is 6.42 Å². The summed E-state index contributed by atoms with van der Waals surface area (Å²) in [4.78, 5) is 23.4. The van der Waals surface area contributed by atoms with Crippen molar-refractivity contribution in [1.82, 2.24) is 0 Å². The standard InChI is InChI=1S/C17H15F4NO5/c1-2-12-10(16(24)25)8-14(27-12)15(23)22-11-4-3-9(18)7-13(11)26-6-5-17(19,20)21/h3-4,7-8H,2,5-6H2,1H3,(H,22,23)(H,24,25). The predicted molar refractivity (Wildman–Crippen MR) is 85.6 cm³/mol. The molecule has 0 atom stereocenters. The molecule has 1 aromatic heterocycles. The van der Waals surface area contributed by atoms with Gasteiger partial charge < -0.3 is 19.6 Å². The molecular formula is C17H15F4NO5. The number of carbonyl (C=O) groups is 2. The zero-order valence-corrected chi connectivity index (χ0v) is 14.0. The number of carbonyl (C=O) groups excluding carboxylic acids is 1. The molecule has 0 aliphatic rings. The van der Waals surface area contributed by atoms with Crippen LogP contribution >= 0.6 is 0 Å². The zero-order valence-electron chi connectivity index (χ0n) is 14.0. The average molecular weight is 389 g/mol. The van der Waals surface area contributed by atoms with E-state index in [1.54, 1.807) is 6.92 Å². The van der Waals surface area contributed by atoms with E-state index in [-0.39, 0.29) is 34.9 Å². The van der Waals surface area contributed by atoms with Crippen LogP contribution in [0.15, 0.2) is 28.7 Å². The van der Waals surface area contributed by atoms with Crippen LogP contribution in [0.1, 0.15) is 40.0 Å². The Balaban J connectivity index is 2.19. The largest absolute Gasteiger partial charge is 0.491 e. The fourth-order valence-corrected chi connectivity index (χ4v) is 2.16. The minimum atomic E-state index is -4.45. The van der Waals surface area contributed by atoms with E-state index in [2.05, 4.69) is 5.32 Å². The van der Waals surface area contributed by atoms with Crippen LogP contribution in [0.25, 0.3) is 0 Å². The lowest BCUT2D eigenvalue weighted by Gasteiger charge is -2.13. The van der Waals surface area contributed by atoms with Gasteiger partial charge in [0.15, 0.2) is 5.76 Å². The second-order valence-corrected chi connectivity index (χ2v) is 5.41. The van der Waals surface area contributed by atoms with Gasteiger partial charge in [0.2, 0.25) is 0 Å². The summed E-state index contributed by atoms with van der Waals surface area (Å²) in [7, 11) is 0. The first kappa shape index (κ1) is 20.3. The molecule has 1 aromatic carbocycles. The summed E-state index contributed by atoms with van der Waals surface area (Å²) in [5, 5.41) is 11.4. The molecule has 0 radical (unpaired) electrons. The molecule has 0 spiro atoms. The monoisotopic (exact) mass is 389 g/mol. The maximum Gasteiger partial charge on any atom is 0.392 e. The smallest absolute Gasteiger partial charge is 0.392 e. The maximum absolute atomic E-state index is 13.4. The van der Waals surface area contributed by atoms with Gasteiger partial charge in [-0.05, 0) is 12.1 Å². The van der Waals surface area contributed by atoms with Crippen LogP contribution in [-0.4, -0.2) is 29.8 Å². The third kappa shape index (κ3) is 5.47. The molecule has 0 unspecified atom stereocenters. The number of hydrogen-bond acceptors (Lipinski definition) is 4. The number of ether oxygens (including phenoxy) is 1. The molecule has 27 heavy (non-hydrogen) atoms. The number of rotatable bonds is 7. The Morgan fingerprint density at radius 2 is 1.96 bits per heavy atom. The van der Waals surface area contributed by atoms with Gasteiger partial charge in [-0.3, -0.25) is 4.79 Å². The van der Waals surface area contributed by atoms with Crippen LogP contribution in [0.3, 0.4) is 0 Å². The summed E-state index contributed by atoms with van der Waals surface area (Å²) in [6.07, 6.45) is -5.47. The molecule has 2 aromatic rings. The first-order chi connectivity index (χ1) is 12.6. The normalized spacial score (nSPS) is 11.3. The predicted octanol–water partition coefficient (Wildman–Crippen LogP) is 4.26. The molecule has 6 nitrogen and oxygen atoms in total. The molecule has 10 heteroatoms. The molecule has 0 saturated carbocycles. The Morgan fingerprint density at radius 3 is 2.52 bits per heavy atom. The minimum absolute atomic E-state index is 0.0881. The van der Waals surface area contributed by atoms with E-state index < -0.39 is 36.9 Å². The fourth-order valence-electron chi connectivity index (χ4n) is 2.16.